The third-order valence-electron chi connectivity index (χ3n) is 16.4. The molecule has 1 rings (SSSR count). The molecule has 29 heteroatoms. The van der Waals surface area contributed by atoms with Crippen molar-refractivity contribution >= 4 is 98.9 Å². The lowest BCUT2D eigenvalue weighted by molar-refractivity contribution is -0.159. The van der Waals surface area contributed by atoms with Crippen molar-refractivity contribution in [3.05, 3.63) is 24.4 Å². The average molecular weight is 1650 g/mol. The Hall–Kier alpha value is -6.88. The van der Waals surface area contributed by atoms with Gasteiger partial charge in [0.2, 0.25) is 11.8 Å². The van der Waals surface area contributed by atoms with E-state index in [2.05, 4.69) is 15.6 Å². The van der Waals surface area contributed by atoms with Crippen molar-refractivity contribution in [2.75, 3.05) is 5.75 Å². The summed E-state index contributed by atoms with van der Waals surface area (Å²) in [6.07, 6.45) is -2.64. The molecule has 0 aliphatic carbocycles. The predicted molar refractivity (Wildman–Crippen MR) is 439 cm³/mol. The van der Waals surface area contributed by atoms with Gasteiger partial charge in [0, 0.05) is 112 Å². The molecule has 27 nitrogen and oxygen atoms in total. The number of Topliss-reactive ketones (excluding diaryl/α,β-unsaturated/α-hetero) is 1. The van der Waals surface area contributed by atoms with E-state index < -0.39 is 150 Å². The van der Waals surface area contributed by atoms with Gasteiger partial charge in [-0.1, -0.05) is 16.9 Å². The van der Waals surface area contributed by atoms with E-state index in [9.17, 15) is 57.5 Å². The number of hydrogen-bond donors (Lipinski definition) is 4. The van der Waals surface area contributed by atoms with Crippen LogP contribution in [0.3, 0.4) is 0 Å². The van der Waals surface area contributed by atoms with E-state index in [1.54, 1.807) is 193 Å². The minimum absolute atomic E-state index is 0.00240. The van der Waals surface area contributed by atoms with E-state index in [4.69, 9.17) is 53.5 Å². The van der Waals surface area contributed by atoms with Gasteiger partial charge in [0.1, 0.15) is 61.2 Å². The topological polar surface area (TPSA) is 388 Å². The molecule has 0 unspecified atom stereocenters. The zero-order valence-electron chi connectivity index (χ0n) is 74.2. The van der Waals surface area contributed by atoms with Crippen LogP contribution in [0.2, 0.25) is 0 Å². The summed E-state index contributed by atoms with van der Waals surface area (Å²) in [5.74, 6) is -7.20. The lowest BCUT2D eigenvalue weighted by Gasteiger charge is -2.37. The van der Waals surface area contributed by atoms with Crippen molar-refractivity contribution in [1.29, 1.82) is 0 Å². The van der Waals surface area contributed by atoms with Crippen LogP contribution in [0, 0.1) is 5.41 Å². The van der Waals surface area contributed by atoms with Gasteiger partial charge in [-0.25, -0.2) is 4.98 Å². The zero-order chi connectivity index (χ0) is 88.4. The highest BCUT2D eigenvalue weighted by Gasteiger charge is 2.42. The third kappa shape index (κ3) is 58.0. The Bertz CT molecular complexity index is 2740. The number of rotatable bonds is 45. The van der Waals surface area contributed by atoms with Crippen LogP contribution in [0.15, 0.2) is 29.4 Å². The number of nitrogens with zero attached hydrogens (tertiary/aromatic N) is 1. The summed E-state index contributed by atoms with van der Waals surface area (Å²) < 4.78 is 51.2. The number of ether oxygens (including phenoxy) is 9. The molecule has 5 N–H and O–H groups in total. The van der Waals surface area contributed by atoms with Gasteiger partial charge in [0.25, 0.3) is 0 Å². The molecule has 0 aliphatic heterocycles. The van der Waals surface area contributed by atoms with Crippen LogP contribution in [0.25, 0.3) is 0 Å². The van der Waals surface area contributed by atoms with E-state index >= 15 is 4.79 Å². The summed E-state index contributed by atoms with van der Waals surface area (Å²) >= 11 is 0. The number of aliphatic carboxylic acids is 1. The van der Waals surface area contributed by atoms with E-state index in [-0.39, 0.29) is 167 Å². The summed E-state index contributed by atoms with van der Waals surface area (Å²) in [5, 5.41) is 15.5. The SMILES string of the molecule is CC(C)(C)OC(=O)CCC(CCC(=O)OC(C)(C)C)(CCC(=O)OC(C)(C)C)CC(=O)CCC(N)(CCC(=O)NC(CCC(=O)OC(C)(C)C)(CCC(=O)OC(C)(C)C)CCC(=O)OC(C)(C)C)CCC(=O)NC(CCC(=O)OC(C)(C)C)(CCC(=O)OC(C)(C)C)CCC(=O)OC(C)(C)C.O=C(O)CCSSc1ccccn1. The molecule has 1 heterocycles. The lowest BCUT2D eigenvalue weighted by Crippen LogP contribution is -2.51. The second-order valence-electron chi connectivity index (χ2n) is 38.7. The Kier molecular flexibility index (Phi) is 44.1. The van der Waals surface area contributed by atoms with Gasteiger partial charge in [0.15, 0.2) is 0 Å². The quantitative estimate of drug-likeness (QED) is 0.0204. The van der Waals surface area contributed by atoms with Gasteiger partial charge >= 0.3 is 59.7 Å². The number of nitrogens with one attached hydrogen (secondary N) is 2. The van der Waals surface area contributed by atoms with E-state index in [0.717, 1.165) is 5.03 Å². The first-order valence-corrected chi connectivity index (χ1v) is 42.1. The lowest BCUT2D eigenvalue weighted by atomic mass is 9.70. The van der Waals surface area contributed by atoms with Crippen molar-refractivity contribution in [2.45, 2.75) is 426 Å². The Morgan fingerprint density at radius 1 is 0.333 bits per heavy atom. The average Bonchev–Trinajstić information content (AvgIpc) is 0.846. The van der Waals surface area contributed by atoms with Crippen LogP contribution in [-0.4, -0.2) is 160 Å². The number of hydrogen-bond acceptors (Lipinski definition) is 26. The second-order valence-corrected chi connectivity index (χ2v) is 41.2. The smallest absolute Gasteiger partial charge is 0.306 e. The van der Waals surface area contributed by atoms with Crippen molar-refractivity contribution in [2.24, 2.45) is 11.1 Å². The molecule has 0 saturated heterocycles. The van der Waals surface area contributed by atoms with Gasteiger partial charge in [0.05, 0.1) is 6.42 Å². The summed E-state index contributed by atoms with van der Waals surface area (Å²) in [7, 11) is 3.01. The molecule has 0 aliphatic rings. The van der Waals surface area contributed by atoms with Crippen LogP contribution >= 0.6 is 21.6 Å². The molecule has 114 heavy (non-hydrogen) atoms. The van der Waals surface area contributed by atoms with Crippen LogP contribution in [0.4, 0.5) is 0 Å². The number of pyridine rings is 1. The van der Waals surface area contributed by atoms with E-state index in [1.807, 2.05) is 18.2 Å². The largest absolute Gasteiger partial charge is 0.481 e. The highest BCUT2D eigenvalue weighted by Crippen LogP contribution is 2.42. The van der Waals surface area contributed by atoms with Gasteiger partial charge in [-0.2, -0.15) is 0 Å². The van der Waals surface area contributed by atoms with Crippen LogP contribution < -0.4 is 16.4 Å². The predicted octanol–water partition coefficient (Wildman–Crippen LogP) is 16.1. The molecular weight excluding hydrogens is 1510 g/mol. The third-order valence-corrected chi connectivity index (χ3v) is 18.6. The molecule has 1 aromatic rings. The number of amides is 2. The zero-order valence-corrected chi connectivity index (χ0v) is 75.8. The van der Waals surface area contributed by atoms with Gasteiger partial charge in [-0.15, -0.1) is 0 Å². The summed E-state index contributed by atoms with van der Waals surface area (Å²) in [4.78, 5) is 181. The first-order valence-electron chi connectivity index (χ1n) is 39.8. The number of ketones is 1. The van der Waals surface area contributed by atoms with Crippen LogP contribution in [-0.2, 0) is 105 Å². The van der Waals surface area contributed by atoms with Gasteiger partial charge in [-0.3, -0.25) is 62.3 Å². The molecule has 2 amide bonds. The fourth-order valence-corrected chi connectivity index (χ4v) is 13.6. The second kappa shape index (κ2) is 46.9. The molecule has 0 fully saturated rings. The minimum Gasteiger partial charge on any atom is -0.481 e. The van der Waals surface area contributed by atoms with Crippen molar-refractivity contribution in [3.8, 4) is 0 Å². The number of esters is 9. The van der Waals surface area contributed by atoms with Crippen molar-refractivity contribution in [1.82, 2.24) is 15.6 Å². The monoisotopic (exact) mass is 1650 g/mol. The Morgan fingerprint density at radius 2 is 0.570 bits per heavy atom. The first-order chi connectivity index (χ1) is 51.5. The summed E-state index contributed by atoms with van der Waals surface area (Å²) in [5.41, 5.74) is -6.12. The van der Waals surface area contributed by atoms with Crippen molar-refractivity contribution < 1.29 is 110 Å². The fraction of sp³-hybridized carbons (Fsp3) is 0.788. The number of carboxylic acid groups (broad SMARTS) is 1. The molecule has 1 aromatic heterocycles. The standard InChI is InChI=1S/C77H135N3O21.C8H9NO2S2/c1-65(2,3)93-56(84)31-40-74(41-32-57(85)94-66(4,5)6,42-33-58(86)95-67(7,8)9)52-53(81)28-43-75(78,44-29-54(82)79-76(46-34-59(87)96-68(10,11)12,47-35-60(88)97-69(13,14)15)48-36-61(89)98-70(16,17)18)45-30-55(83)80-77(49-37-62(90)99-71(19,20)21,50-38-63(91)100-72(22,23)24)51-39-64(92)101-73(25,26)27;10-8(11)4-6-12-13-7-3-1-2-5-9-7/h28-52,78H2,1-27H3,(H,79,82)(H,80,83);1-3,5H,4,6H2,(H,10,11). The Balaban J connectivity index is 0.00000884. The highest BCUT2D eigenvalue weighted by atomic mass is 33.1. The number of carboxylic acids is 1. The molecule has 0 spiro atoms. The van der Waals surface area contributed by atoms with Crippen LogP contribution in [0.5, 0.6) is 0 Å². The van der Waals surface area contributed by atoms with E-state index in [0.29, 0.717) is 5.75 Å². The number of aromatic nitrogens is 1. The van der Waals surface area contributed by atoms with Crippen molar-refractivity contribution in [3.63, 3.8) is 0 Å². The van der Waals surface area contributed by atoms with Gasteiger partial charge in [-0.05, 0) is 292 Å². The molecule has 0 atom stereocenters. The van der Waals surface area contributed by atoms with Gasteiger partial charge < -0.3 is 64.1 Å². The summed E-state index contributed by atoms with van der Waals surface area (Å²) in [6, 6.07) is 5.66. The molecule has 0 saturated carbocycles. The first kappa shape index (κ1) is 107. The number of carbonyl (C=O) groups is 13. The Morgan fingerprint density at radius 3 is 0.789 bits per heavy atom. The Labute approximate surface area is 688 Å². The molecule has 0 radical (unpaired) electrons. The minimum atomic E-state index is -1.57. The molecule has 654 valence electrons. The maximum absolute atomic E-state index is 15.1. The van der Waals surface area contributed by atoms with Crippen LogP contribution in [0.1, 0.15) is 354 Å². The maximum Gasteiger partial charge on any atom is 0.306 e. The molecule has 0 aromatic carbocycles. The molecular formula is C85H144N4O23S2. The normalized spacial score (nSPS) is 12.8. The maximum atomic E-state index is 15.1. The number of nitrogens with two attached hydrogens (primary N) is 1. The fourth-order valence-electron chi connectivity index (χ4n) is 11.8. The molecule has 0 bridgehead atoms. The number of carbonyl (C=O) groups excluding carboxylic acids is 12. The van der Waals surface area contributed by atoms with E-state index in [1.165, 1.54) is 21.6 Å². The summed E-state index contributed by atoms with van der Waals surface area (Å²) in [6.45, 7) is 46.0. The highest BCUT2D eigenvalue weighted by molar-refractivity contribution is 8.76.